The molecule has 3 N–H and O–H groups in total. The van der Waals surface area contributed by atoms with Gasteiger partial charge >= 0.3 is 5.97 Å². The lowest BCUT2D eigenvalue weighted by molar-refractivity contribution is -0.139. The Kier molecular flexibility index (Phi) is 5.89. The van der Waals surface area contributed by atoms with Gasteiger partial charge < -0.3 is 15.4 Å². The molecule has 0 saturated carbocycles. The zero-order chi connectivity index (χ0) is 20.1. The smallest absolute Gasteiger partial charge is 0.326 e. The number of aromatic amines is 1. The fourth-order valence-corrected chi connectivity index (χ4v) is 3.09. The molecule has 0 aliphatic carbocycles. The van der Waals surface area contributed by atoms with E-state index in [0.29, 0.717) is 23.9 Å². The molecular formula is C22H22N2O4. The van der Waals surface area contributed by atoms with Gasteiger partial charge in [-0.15, -0.1) is 0 Å². The van der Waals surface area contributed by atoms with Gasteiger partial charge in [-0.25, -0.2) is 4.79 Å². The van der Waals surface area contributed by atoms with E-state index < -0.39 is 17.9 Å². The zero-order valence-electron chi connectivity index (χ0n) is 15.6. The van der Waals surface area contributed by atoms with E-state index in [4.69, 9.17) is 0 Å². The number of Topliss-reactive ketones (excluding diaryl/α,β-unsaturated/α-hetero) is 1. The minimum absolute atomic E-state index is 0.155. The number of ketones is 1. The summed E-state index contributed by atoms with van der Waals surface area (Å²) in [6, 6.07) is 13.3. The molecule has 0 fully saturated rings. The maximum absolute atomic E-state index is 12.6. The number of rotatable bonds is 8. The molecule has 1 atom stereocenters. The Morgan fingerprint density at radius 3 is 2.43 bits per heavy atom. The molecule has 1 aromatic heterocycles. The molecular weight excluding hydrogens is 356 g/mol. The Bertz CT molecular complexity index is 1000. The van der Waals surface area contributed by atoms with E-state index in [1.54, 1.807) is 30.5 Å². The Hall–Kier alpha value is -3.41. The van der Waals surface area contributed by atoms with Gasteiger partial charge in [0.15, 0.2) is 0 Å². The first-order chi connectivity index (χ1) is 13.5. The third-order valence-corrected chi connectivity index (χ3v) is 4.69. The van der Waals surface area contributed by atoms with Crippen molar-refractivity contribution in [1.29, 1.82) is 0 Å². The highest BCUT2D eigenvalue weighted by molar-refractivity contribution is 6.06. The second kappa shape index (κ2) is 8.52. The van der Waals surface area contributed by atoms with Crippen LogP contribution in [-0.2, 0) is 22.4 Å². The summed E-state index contributed by atoms with van der Waals surface area (Å²) in [7, 11) is 0. The normalized spacial score (nSPS) is 11.9. The number of benzene rings is 2. The number of carboxylic acids is 1. The van der Waals surface area contributed by atoms with Crippen LogP contribution in [0.3, 0.4) is 0 Å². The highest BCUT2D eigenvalue weighted by Crippen LogP contribution is 2.17. The van der Waals surface area contributed by atoms with Crippen molar-refractivity contribution in [3.05, 3.63) is 71.4 Å². The van der Waals surface area contributed by atoms with E-state index in [0.717, 1.165) is 16.5 Å². The highest BCUT2D eigenvalue weighted by atomic mass is 16.4. The van der Waals surface area contributed by atoms with Crippen molar-refractivity contribution in [2.75, 3.05) is 0 Å². The molecule has 0 unspecified atom stereocenters. The number of hydrogen-bond acceptors (Lipinski definition) is 3. The predicted molar refractivity (Wildman–Crippen MR) is 106 cm³/mol. The van der Waals surface area contributed by atoms with E-state index in [9.17, 15) is 19.5 Å². The minimum Gasteiger partial charge on any atom is -0.480 e. The van der Waals surface area contributed by atoms with Crippen molar-refractivity contribution in [2.24, 2.45) is 0 Å². The molecule has 0 radical (unpaired) electrons. The second-order valence-corrected chi connectivity index (χ2v) is 6.70. The summed E-state index contributed by atoms with van der Waals surface area (Å²) >= 11 is 0. The van der Waals surface area contributed by atoms with E-state index >= 15 is 0 Å². The van der Waals surface area contributed by atoms with Crippen molar-refractivity contribution in [3.63, 3.8) is 0 Å². The lowest BCUT2D eigenvalue weighted by Crippen LogP contribution is -2.42. The van der Waals surface area contributed by atoms with Gasteiger partial charge in [0.25, 0.3) is 5.91 Å². The van der Waals surface area contributed by atoms with Gasteiger partial charge in [0, 0.05) is 30.8 Å². The quantitative estimate of drug-likeness (QED) is 0.561. The van der Waals surface area contributed by atoms with Gasteiger partial charge in [-0.05, 0) is 23.3 Å². The fourth-order valence-electron chi connectivity index (χ4n) is 3.09. The van der Waals surface area contributed by atoms with E-state index in [1.807, 2.05) is 31.2 Å². The first-order valence-electron chi connectivity index (χ1n) is 9.17. The summed E-state index contributed by atoms with van der Waals surface area (Å²) in [5.41, 5.74) is 2.75. The SMILES string of the molecule is CCC(=O)Cc1ccc(C[C@@H](NC(=O)c2cccc3cc[nH]c23)C(=O)O)cc1. The lowest BCUT2D eigenvalue weighted by Gasteiger charge is -2.15. The number of hydrogen-bond donors (Lipinski definition) is 3. The molecule has 3 rings (SSSR count). The fraction of sp³-hybridized carbons (Fsp3) is 0.227. The van der Waals surface area contributed by atoms with Crippen molar-refractivity contribution < 1.29 is 19.5 Å². The van der Waals surface area contributed by atoms with Crippen molar-refractivity contribution in [2.45, 2.75) is 32.2 Å². The standard InChI is InChI=1S/C22H22N2O4/c1-2-17(25)12-14-6-8-15(9-7-14)13-19(22(27)28)24-21(26)18-5-3-4-16-10-11-23-20(16)18/h3-11,19,23H,2,12-13H2,1H3,(H,24,26)(H,27,28)/t19-/m1/s1. The van der Waals surface area contributed by atoms with Gasteiger partial charge in [-0.1, -0.05) is 43.3 Å². The van der Waals surface area contributed by atoms with Crippen LogP contribution in [0.4, 0.5) is 0 Å². The summed E-state index contributed by atoms with van der Waals surface area (Å²) in [5.74, 6) is -1.38. The molecule has 0 bridgehead atoms. The molecule has 0 saturated heterocycles. The molecule has 28 heavy (non-hydrogen) atoms. The number of aromatic nitrogens is 1. The number of carboxylic acid groups (broad SMARTS) is 1. The van der Waals surface area contributed by atoms with E-state index in [1.165, 1.54) is 0 Å². The van der Waals surface area contributed by atoms with Crippen LogP contribution >= 0.6 is 0 Å². The Labute approximate surface area is 162 Å². The number of carbonyl (C=O) groups is 3. The van der Waals surface area contributed by atoms with Crippen molar-refractivity contribution >= 4 is 28.6 Å². The predicted octanol–water partition coefficient (Wildman–Crippen LogP) is 3.12. The second-order valence-electron chi connectivity index (χ2n) is 6.70. The molecule has 6 heteroatoms. The van der Waals surface area contributed by atoms with Crippen molar-refractivity contribution in [3.8, 4) is 0 Å². The average molecular weight is 378 g/mol. The van der Waals surface area contributed by atoms with Crippen LogP contribution in [-0.4, -0.2) is 33.8 Å². The Morgan fingerprint density at radius 2 is 1.75 bits per heavy atom. The number of aliphatic carboxylic acids is 1. The van der Waals surface area contributed by atoms with E-state index in [-0.39, 0.29) is 12.2 Å². The van der Waals surface area contributed by atoms with Crippen LogP contribution in [0, 0.1) is 0 Å². The molecule has 6 nitrogen and oxygen atoms in total. The molecule has 1 amide bonds. The van der Waals surface area contributed by atoms with Gasteiger partial charge in [0.1, 0.15) is 11.8 Å². The summed E-state index contributed by atoms with van der Waals surface area (Å²) in [6.45, 7) is 1.82. The van der Waals surface area contributed by atoms with Gasteiger partial charge in [-0.2, -0.15) is 0 Å². The van der Waals surface area contributed by atoms with Crippen molar-refractivity contribution in [1.82, 2.24) is 10.3 Å². The topological polar surface area (TPSA) is 99.3 Å². The number of para-hydroxylation sites is 1. The number of fused-ring (bicyclic) bond motifs is 1. The third-order valence-electron chi connectivity index (χ3n) is 4.69. The molecule has 0 aliphatic heterocycles. The van der Waals surface area contributed by atoms with Gasteiger partial charge in [0.2, 0.25) is 0 Å². The number of nitrogens with one attached hydrogen (secondary N) is 2. The minimum atomic E-state index is -1.10. The number of carbonyl (C=O) groups excluding carboxylic acids is 2. The zero-order valence-corrected chi connectivity index (χ0v) is 15.6. The summed E-state index contributed by atoms with van der Waals surface area (Å²) < 4.78 is 0. The molecule has 0 spiro atoms. The van der Waals surface area contributed by atoms with Crippen LogP contribution in [0.1, 0.15) is 34.8 Å². The Morgan fingerprint density at radius 1 is 1.04 bits per heavy atom. The lowest BCUT2D eigenvalue weighted by atomic mass is 10.0. The highest BCUT2D eigenvalue weighted by Gasteiger charge is 2.22. The molecule has 3 aromatic rings. The van der Waals surface area contributed by atoms with Crippen LogP contribution in [0.25, 0.3) is 10.9 Å². The Balaban J connectivity index is 1.72. The van der Waals surface area contributed by atoms with Crippen LogP contribution < -0.4 is 5.32 Å². The summed E-state index contributed by atoms with van der Waals surface area (Å²) in [6.07, 6.45) is 2.75. The summed E-state index contributed by atoms with van der Waals surface area (Å²) in [5, 5.41) is 13.0. The first-order valence-corrected chi connectivity index (χ1v) is 9.17. The number of H-pyrrole nitrogens is 1. The monoisotopic (exact) mass is 378 g/mol. The maximum Gasteiger partial charge on any atom is 0.326 e. The summed E-state index contributed by atoms with van der Waals surface area (Å²) in [4.78, 5) is 38.9. The first kappa shape index (κ1) is 19.4. The third kappa shape index (κ3) is 4.46. The number of amides is 1. The van der Waals surface area contributed by atoms with Crippen LogP contribution in [0.2, 0.25) is 0 Å². The average Bonchev–Trinajstić information content (AvgIpc) is 3.17. The maximum atomic E-state index is 12.6. The van der Waals surface area contributed by atoms with Crippen LogP contribution in [0.15, 0.2) is 54.7 Å². The van der Waals surface area contributed by atoms with E-state index in [2.05, 4.69) is 10.3 Å². The van der Waals surface area contributed by atoms with Gasteiger partial charge in [-0.3, -0.25) is 9.59 Å². The largest absolute Gasteiger partial charge is 0.480 e. The molecule has 2 aromatic carbocycles. The molecule has 1 heterocycles. The van der Waals surface area contributed by atoms with Gasteiger partial charge in [0.05, 0.1) is 11.1 Å². The molecule has 144 valence electrons. The van der Waals surface area contributed by atoms with Crippen LogP contribution in [0.5, 0.6) is 0 Å². The molecule has 0 aliphatic rings.